The van der Waals surface area contributed by atoms with E-state index in [2.05, 4.69) is 0 Å². The summed E-state index contributed by atoms with van der Waals surface area (Å²) in [6.45, 7) is 2.25. The smallest absolute Gasteiger partial charge is 0.312 e. The molecule has 2 saturated heterocycles. The zero-order valence-electron chi connectivity index (χ0n) is 9.22. The van der Waals surface area contributed by atoms with Crippen LogP contribution in [0.25, 0.3) is 0 Å². The maximum atomic E-state index is 11.7. The van der Waals surface area contributed by atoms with Crippen LogP contribution < -0.4 is 0 Å². The molecule has 0 radical (unpaired) electrons. The largest absolute Gasteiger partial charge is 0.481 e. The first-order chi connectivity index (χ1) is 7.65. The van der Waals surface area contributed by atoms with Gasteiger partial charge < -0.3 is 14.6 Å². The number of carbonyl (C=O) groups is 2. The normalized spacial score (nSPS) is 36.3. The molecule has 16 heavy (non-hydrogen) atoms. The highest BCUT2D eigenvalue weighted by atomic mass is 16.5. The number of fused-ring (bicyclic) bond motifs is 2. The van der Waals surface area contributed by atoms with Crippen molar-refractivity contribution in [1.29, 1.82) is 0 Å². The number of esters is 1. The number of carboxylic acid groups (broad SMARTS) is 1. The van der Waals surface area contributed by atoms with Crippen molar-refractivity contribution in [2.24, 2.45) is 11.8 Å². The van der Waals surface area contributed by atoms with Crippen molar-refractivity contribution >= 4 is 11.9 Å². The summed E-state index contributed by atoms with van der Waals surface area (Å²) in [5, 5.41) is 9.09. The SMILES string of the molecule is CCCOC(=O)C1C2CCC(O2)C1C(=O)O. The van der Waals surface area contributed by atoms with Crippen LogP contribution in [0.4, 0.5) is 0 Å². The first-order valence-electron chi connectivity index (χ1n) is 5.70. The Morgan fingerprint density at radius 2 is 1.94 bits per heavy atom. The molecule has 2 rings (SSSR count). The quantitative estimate of drug-likeness (QED) is 0.721. The van der Waals surface area contributed by atoms with Crippen LogP contribution in [-0.2, 0) is 19.1 Å². The van der Waals surface area contributed by atoms with Crippen LogP contribution in [0.5, 0.6) is 0 Å². The van der Waals surface area contributed by atoms with Crippen molar-refractivity contribution in [2.45, 2.75) is 38.4 Å². The Labute approximate surface area is 93.7 Å². The minimum atomic E-state index is -0.953. The third-order valence-electron chi connectivity index (χ3n) is 3.28. The number of hydrogen-bond donors (Lipinski definition) is 1. The number of aliphatic carboxylic acids is 1. The molecule has 2 aliphatic heterocycles. The van der Waals surface area contributed by atoms with E-state index in [0.29, 0.717) is 6.61 Å². The first kappa shape index (κ1) is 11.4. The Morgan fingerprint density at radius 3 is 2.50 bits per heavy atom. The van der Waals surface area contributed by atoms with Crippen LogP contribution >= 0.6 is 0 Å². The van der Waals surface area contributed by atoms with Crippen molar-refractivity contribution in [3.8, 4) is 0 Å². The van der Waals surface area contributed by atoms with E-state index in [1.807, 2.05) is 6.92 Å². The Morgan fingerprint density at radius 1 is 1.31 bits per heavy atom. The van der Waals surface area contributed by atoms with E-state index in [9.17, 15) is 9.59 Å². The fraction of sp³-hybridized carbons (Fsp3) is 0.818. The predicted octanol–water partition coefficient (Wildman–Crippen LogP) is 0.818. The van der Waals surface area contributed by atoms with Gasteiger partial charge in [0.2, 0.25) is 0 Å². The van der Waals surface area contributed by atoms with Crippen LogP contribution in [-0.4, -0.2) is 35.9 Å². The number of ether oxygens (including phenoxy) is 2. The molecule has 0 aromatic heterocycles. The van der Waals surface area contributed by atoms with E-state index in [1.165, 1.54) is 0 Å². The Bertz CT molecular complexity index is 301. The second-order valence-electron chi connectivity index (χ2n) is 4.35. The molecular formula is C11H16O5. The standard InChI is InChI=1S/C11H16O5/c1-2-5-15-11(14)9-7-4-3-6(16-7)8(9)10(12)13/h6-9H,2-5H2,1H3,(H,12,13). The van der Waals surface area contributed by atoms with Crippen LogP contribution in [0.3, 0.4) is 0 Å². The number of carboxylic acids is 1. The van der Waals surface area contributed by atoms with Gasteiger partial charge in [-0.05, 0) is 19.3 Å². The molecule has 0 spiro atoms. The average molecular weight is 228 g/mol. The lowest BCUT2D eigenvalue weighted by atomic mass is 9.79. The average Bonchev–Trinajstić information content (AvgIpc) is 2.84. The van der Waals surface area contributed by atoms with Crippen molar-refractivity contribution in [1.82, 2.24) is 0 Å². The molecule has 4 unspecified atom stereocenters. The maximum Gasteiger partial charge on any atom is 0.312 e. The summed E-state index contributed by atoms with van der Waals surface area (Å²) in [4.78, 5) is 22.8. The second-order valence-corrected chi connectivity index (χ2v) is 4.35. The molecule has 0 aromatic carbocycles. The highest BCUT2D eigenvalue weighted by Gasteiger charge is 2.56. The summed E-state index contributed by atoms with van der Waals surface area (Å²) in [6, 6.07) is 0. The van der Waals surface area contributed by atoms with Gasteiger partial charge in [-0.2, -0.15) is 0 Å². The van der Waals surface area contributed by atoms with Crippen LogP contribution in [0.15, 0.2) is 0 Å². The van der Waals surface area contributed by atoms with Crippen LogP contribution in [0.2, 0.25) is 0 Å². The lowest BCUT2D eigenvalue weighted by molar-refractivity contribution is -0.158. The molecule has 2 fully saturated rings. The molecule has 2 heterocycles. The molecule has 90 valence electrons. The predicted molar refractivity (Wildman–Crippen MR) is 53.8 cm³/mol. The lowest BCUT2D eigenvalue weighted by Gasteiger charge is -2.22. The van der Waals surface area contributed by atoms with E-state index in [-0.39, 0.29) is 12.2 Å². The summed E-state index contributed by atoms with van der Waals surface area (Å²) in [6.07, 6.45) is 1.68. The van der Waals surface area contributed by atoms with Gasteiger partial charge in [0, 0.05) is 0 Å². The monoisotopic (exact) mass is 228 g/mol. The summed E-state index contributed by atoms with van der Waals surface area (Å²) in [5.74, 6) is -2.70. The fourth-order valence-corrected chi connectivity index (χ4v) is 2.59. The summed E-state index contributed by atoms with van der Waals surface area (Å²) in [7, 11) is 0. The molecule has 0 aliphatic carbocycles. The zero-order valence-corrected chi connectivity index (χ0v) is 9.22. The van der Waals surface area contributed by atoms with Gasteiger partial charge in [-0.15, -0.1) is 0 Å². The molecule has 0 amide bonds. The number of hydrogen-bond acceptors (Lipinski definition) is 4. The lowest BCUT2D eigenvalue weighted by Crippen LogP contribution is -2.39. The molecule has 2 bridgehead atoms. The minimum Gasteiger partial charge on any atom is -0.481 e. The highest BCUT2D eigenvalue weighted by molar-refractivity contribution is 5.83. The van der Waals surface area contributed by atoms with E-state index in [0.717, 1.165) is 19.3 Å². The van der Waals surface area contributed by atoms with Crippen molar-refractivity contribution < 1.29 is 24.2 Å². The summed E-state index contributed by atoms with van der Waals surface area (Å²) in [5.41, 5.74) is 0. The third kappa shape index (κ3) is 1.80. The molecule has 0 saturated carbocycles. The third-order valence-corrected chi connectivity index (χ3v) is 3.28. The van der Waals surface area contributed by atoms with Gasteiger partial charge in [0.1, 0.15) is 0 Å². The van der Waals surface area contributed by atoms with Gasteiger partial charge in [-0.1, -0.05) is 6.92 Å². The van der Waals surface area contributed by atoms with E-state index >= 15 is 0 Å². The summed E-state index contributed by atoms with van der Waals surface area (Å²) < 4.78 is 10.5. The molecule has 5 nitrogen and oxygen atoms in total. The maximum absolute atomic E-state index is 11.7. The molecule has 2 aliphatic rings. The van der Waals surface area contributed by atoms with Crippen LogP contribution in [0.1, 0.15) is 26.2 Å². The molecule has 0 aromatic rings. The van der Waals surface area contributed by atoms with Gasteiger partial charge in [-0.25, -0.2) is 0 Å². The molecule has 1 N–H and O–H groups in total. The first-order valence-corrected chi connectivity index (χ1v) is 5.70. The van der Waals surface area contributed by atoms with E-state index in [4.69, 9.17) is 14.6 Å². The van der Waals surface area contributed by atoms with Gasteiger partial charge in [0.25, 0.3) is 0 Å². The minimum absolute atomic E-state index is 0.254. The second kappa shape index (κ2) is 4.41. The van der Waals surface area contributed by atoms with Gasteiger partial charge in [0.15, 0.2) is 0 Å². The Kier molecular flexibility index (Phi) is 3.14. The fourth-order valence-electron chi connectivity index (χ4n) is 2.59. The van der Waals surface area contributed by atoms with E-state index in [1.54, 1.807) is 0 Å². The van der Waals surface area contributed by atoms with Gasteiger partial charge in [-0.3, -0.25) is 9.59 Å². The van der Waals surface area contributed by atoms with Gasteiger partial charge >= 0.3 is 11.9 Å². The number of carbonyl (C=O) groups excluding carboxylic acids is 1. The zero-order chi connectivity index (χ0) is 11.7. The molecule has 5 heteroatoms. The van der Waals surface area contributed by atoms with Crippen LogP contribution in [0, 0.1) is 11.8 Å². The Hall–Kier alpha value is -1.10. The molecule has 4 atom stereocenters. The topological polar surface area (TPSA) is 72.8 Å². The molecular weight excluding hydrogens is 212 g/mol. The van der Waals surface area contributed by atoms with Crippen molar-refractivity contribution in [3.63, 3.8) is 0 Å². The number of rotatable bonds is 4. The van der Waals surface area contributed by atoms with Gasteiger partial charge in [0.05, 0.1) is 30.7 Å². The Balaban J connectivity index is 2.06. The van der Waals surface area contributed by atoms with E-state index < -0.39 is 23.8 Å². The van der Waals surface area contributed by atoms with Crippen molar-refractivity contribution in [2.75, 3.05) is 6.61 Å². The highest BCUT2D eigenvalue weighted by Crippen LogP contribution is 2.44. The van der Waals surface area contributed by atoms with Crippen molar-refractivity contribution in [3.05, 3.63) is 0 Å². The summed E-state index contributed by atoms with van der Waals surface area (Å²) >= 11 is 0.